The topological polar surface area (TPSA) is 68.0 Å². The van der Waals surface area contributed by atoms with Crippen molar-refractivity contribution in [1.82, 2.24) is 15.5 Å². The molecular weight excluding hydrogens is 302 g/mol. The molecule has 0 aliphatic carbocycles. The van der Waals surface area contributed by atoms with E-state index in [0.717, 1.165) is 11.1 Å². The van der Waals surface area contributed by atoms with Crippen LogP contribution in [0.25, 0.3) is 11.5 Å². The minimum absolute atomic E-state index is 0.0293. The molecule has 122 valence electrons. The van der Waals surface area contributed by atoms with E-state index in [-0.39, 0.29) is 18.4 Å². The molecule has 1 aromatic heterocycles. The molecule has 1 unspecified atom stereocenters. The van der Waals surface area contributed by atoms with Gasteiger partial charge < -0.3 is 9.73 Å². The Morgan fingerprint density at radius 3 is 2.42 bits per heavy atom. The lowest BCUT2D eigenvalue weighted by Gasteiger charge is -2.11. The van der Waals surface area contributed by atoms with Crippen molar-refractivity contribution in [2.45, 2.75) is 19.9 Å². The second-order valence-corrected chi connectivity index (χ2v) is 5.68. The van der Waals surface area contributed by atoms with Gasteiger partial charge in [0, 0.05) is 11.5 Å². The van der Waals surface area contributed by atoms with Crippen molar-refractivity contribution in [2.75, 3.05) is 0 Å². The summed E-state index contributed by atoms with van der Waals surface area (Å²) in [5, 5.41) is 10.8. The molecule has 1 atom stereocenters. The molecule has 1 heterocycles. The van der Waals surface area contributed by atoms with Crippen molar-refractivity contribution < 1.29 is 9.21 Å². The molecule has 5 heteroatoms. The Kier molecular flexibility index (Phi) is 5.01. The summed E-state index contributed by atoms with van der Waals surface area (Å²) in [6, 6.07) is 19.5. The summed E-state index contributed by atoms with van der Waals surface area (Å²) in [5.41, 5.74) is 2.00. The molecule has 5 nitrogen and oxygen atoms in total. The third-order valence-electron chi connectivity index (χ3n) is 3.73. The molecule has 1 N–H and O–H groups in total. The van der Waals surface area contributed by atoms with E-state index in [1.54, 1.807) is 0 Å². The van der Waals surface area contributed by atoms with Crippen LogP contribution in [0.4, 0.5) is 0 Å². The molecule has 0 saturated carbocycles. The monoisotopic (exact) mass is 321 g/mol. The van der Waals surface area contributed by atoms with Crippen LogP contribution in [0, 0.1) is 5.92 Å². The Labute approximate surface area is 140 Å². The molecule has 0 aliphatic heterocycles. The van der Waals surface area contributed by atoms with Crippen LogP contribution in [-0.2, 0) is 17.8 Å². The maximum atomic E-state index is 12.2. The summed E-state index contributed by atoms with van der Waals surface area (Å²) in [7, 11) is 0. The van der Waals surface area contributed by atoms with Gasteiger partial charge in [0.2, 0.25) is 17.7 Å². The first kappa shape index (κ1) is 15.9. The Bertz CT molecular complexity index is 785. The number of hydrogen-bond acceptors (Lipinski definition) is 4. The van der Waals surface area contributed by atoms with Gasteiger partial charge in [-0.25, -0.2) is 0 Å². The van der Waals surface area contributed by atoms with Crippen molar-refractivity contribution in [2.24, 2.45) is 5.92 Å². The fourth-order valence-corrected chi connectivity index (χ4v) is 2.42. The summed E-state index contributed by atoms with van der Waals surface area (Å²) in [4.78, 5) is 12.2. The van der Waals surface area contributed by atoms with Crippen LogP contribution in [0.3, 0.4) is 0 Å². The van der Waals surface area contributed by atoms with E-state index < -0.39 is 0 Å². The van der Waals surface area contributed by atoms with E-state index >= 15 is 0 Å². The fraction of sp³-hybridized carbons (Fsp3) is 0.211. The molecule has 0 radical (unpaired) electrons. The van der Waals surface area contributed by atoms with Gasteiger partial charge in [-0.1, -0.05) is 55.5 Å². The highest BCUT2D eigenvalue weighted by Crippen LogP contribution is 2.16. The van der Waals surface area contributed by atoms with Crippen LogP contribution in [0.5, 0.6) is 0 Å². The van der Waals surface area contributed by atoms with E-state index in [1.807, 2.05) is 67.6 Å². The summed E-state index contributed by atoms with van der Waals surface area (Å²) >= 11 is 0. The van der Waals surface area contributed by atoms with Crippen LogP contribution in [-0.4, -0.2) is 16.1 Å². The number of carbonyl (C=O) groups excluding carboxylic acids is 1. The molecule has 0 spiro atoms. The zero-order valence-electron chi connectivity index (χ0n) is 13.5. The van der Waals surface area contributed by atoms with Gasteiger partial charge in [-0.3, -0.25) is 4.79 Å². The summed E-state index contributed by atoms with van der Waals surface area (Å²) in [6.07, 6.45) is 0.700. The van der Waals surface area contributed by atoms with Gasteiger partial charge in [0.25, 0.3) is 0 Å². The predicted octanol–water partition coefficient (Wildman–Crippen LogP) is 3.23. The molecule has 3 rings (SSSR count). The van der Waals surface area contributed by atoms with Crippen LogP contribution < -0.4 is 5.32 Å². The molecule has 1 amide bonds. The quantitative estimate of drug-likeness (QED) is 0.757. The van der Waals surface area contributed by atoms with Crippen molar-refractivity contribution in [3.05, 3.63) is 72.1 Å². The Morgan fingerprint density at radius 2 is 1.71 bits per heavy atom. The molecular formula is C19H19N3O2. The molecule has 0 saturated heterocycles. The lowest BCUT2D eigenvalue weighted by Crippen LogP contribution is -2.30. The van der Waals surface area contributed by atoms with Gasteiger partial charge in [0.05, 0.1) is 6.54 Å². The normalized spacial score (nSPS) is 11.9. The number of carbonyl (C=O) groups is 1. The number of hydrogen-bond donors (Lipinski definition) is 1. The Hall–Kier alpha value is -2.95. The minimum atomic E-state index is -0.121. The molecule has 0 fully saturated rings. The average molecular weight is 321 g/mol. The van der Waals surface area contributed by atoms with Crippen LogP contribution in [0.15, 0.2) is 65.1 Å². The first-order valence-corrected chi connectivity index (χ1v) is 7.92. The highest BCUT2D eigenvalue weighted by molar-refractivity contribution is 5.78. The summed E-state index contributed by atoms with van der Waals surface area (Å²) < 4.78 is 5.58. The Balaban J connectivity index is 1.54. The predicted molar refractivity (Wildman–Crippen MR) is 90.9 cm³/mol. The molecule has 2 aromatic carbocycles. The van der Waals surface area contributed by atoms with E-state index in [4.69, 9.17) is 4.42 Å². The maximum absolute atomic E-state index is 12.2. The van der Waals surface area contributed by atoms with E-state index in [9.17, 15) is 4.79 Å². The van der Waals surface area contributed by atoms with E-state index in [2.05, 4.69) is 15.5 Å². The molecule has 0 bridgehead atoms. The maximum Gasteiger partial charge on any atom is 0.247 e. The second-order valence-electron chi connectivity index (χ2n) is 5.68. The summed E-state index contributed by atoms with van der Waals surface area (Å²) in [5.74, 6) is 0.702. The highest BCUT2D eigenvalue weighted by atomic mass is 16.4. The molecule has 24 heavy (non-hydrogen) atoms. The zero-order chi connectivity index (χ0) is 16.8. The fourth-order valence-electron chi connectivity index (χ4n) is 2.42. The lowest BCUT2D eigenvalue weighted by atomic mass is 10.0. The van der Waals surface area contributed by atoms with E-state index in [0.29, 0.717) is 18.2 Å². The van der Waals surface area contributed by atoms with Crippen molar-refractivity contribution in [1.29, 1.82) is 0 Å². The lowest BCUT2D eigenvalue weighted by molar-refractivity contribution is -0.124. The van der Waals surface area contributed by atoms with Gasteiger partial charge in [-0.15, -0.1) is 10.2 Å². The van der Waals surface area contributed by atoms with Crippen LogP contribution >= 0.6 is 0 Å². The molecule has 3 aromatic rings. The first-order valence-electron chi connectivity index (χ1n) is 7.92. The number of amides is 1. The number of nitrogens with zero attached hydrogens (tertiary/aromatic N) is 2. The number of benzene rings is 2. The third kappa shape index (κ3) is 4.07. The average Bonchev–Trinajstić information content (AvgIpc) is 3.10. The van der Waals surface area contributed by atoms with E-state index in [1.165, 1.54) is 0 Å². The SMILES string of the molecule is CC(Cc1ccccc1)C(=O)NCc1nnc(-c2ccccc2)o1. The minimum Gasteiger partial charge on any atom is -0.419 e. The van der Waals surface area contributed by atoms with Gasteiger partial charge in [-0.05, 0) is 24.1 Å². The largest absolute Gasteiger partial charge is 0.419 e. The number of rotatable bonds is 6. The van der Waals surface area contributed by atoms with Crippen LogP contribution in [0.1, 0.15) is 18.4 Å². The Morgan fingerprint density at radius 1 is 1.04 bits per heavy atom. The third-order valence-corrected chi connectivity index (χ3v) is 3.73. The highest BCUT2D eigenvalue weighted by Gasteiger charge is 2.15. The number of aromatic nitrogens is 2. The zero-order valence-corrected chi connectivity index (χ0v) is 13.5. The standard InChI is InChI=1S/C19H19N3O2/c1-14(12-15-8-4-2-5-9-15)18(23)20-13-17-21-22-19(24-17)16-10-6-3-7-11-16/h2-11,14H,12-13H2,1H3,(H,20,23). The van der Waals surface area contributed by atoms with Gasteiger partial charge in [-0.2, -0.15) is 0 Å². The van der Waals surface area contributed by atoms with Crippen molar-refractivity contribution >= 4 is 5.91 Å². The van der Waals surface area contributed by atoms with Gasteiger partial charge >= 0.3 is 0 Å². The molecule has 0 aliphatic rings. The summed E-state index contributed by atoms with van der Waals surface area (Å²) in [6.45, 7) is 2.14. The van der Waals surface area contributed by atoms with Gasteiger partial charge in [0.1, 0.15) is 0 Å². The number of nitrogens with one attached hydrogen (secondary N) is 1. The van der Waals surface area contributed by atoms with Crippen molar-refractivity contribution in [3.63, 3.8) is 0 Å². The smallest absolute Gasteiger partial charge is 0.247 e. The second kappa shape index (κ2) is 7.55. The van der Waals surface area contributed by atoms with Crippen LogP contribution in [0.2, 0.25) is 0 Å². The first-order chi connectivity index (χ1) is 11.7. The van der Waals surface area contributed by atoms with Gasteiger partial charge in [0.15, 0.2) is 0 Å². The van der Waals surface area contributed by atoms with Crippen molar-refractivity contribution in [3.8, 4) is 11.5 Å².